The molecule has 0 aliphatic rings. The molecule has 0 N–H and O–H groups in total. The van der Waals surface area contributed by atoms with Gasteiger partial charge in [0.05, 0.1) is 0 Å². The van der Waals surface area contributed by atoms with Crippen molar-refractivity contribution in [3.8, 4) is 56.8 Å². The minimum Gasteiger partial charge on any atom is -0.456 e. The van der Waals surface area contributed by atoms with Crippen molar-refractivity contribution in [3.05, 3.63) is 164 Å². The molecular weight excluding hydrogens is 723 g/mol. The highest BCUT2D eigenvalue weighted by Gasteiger charge is 2.22. The second-order valence-corrected chi connectivity index (χ2v) is 15.0. The number of hydrogen-bond donors (Lipinski definition) is 0. The van der Waals surface area contributed by atoms with Gasteiger partial charge in [-0.25, -0.2) is 24.9 Å². The Labute approximate surface area is 328 Å². The molecule has 0 unspecified atom stereocenters. The largest absolute Gasteiger partial charge is 0.456 e. The number of nitrogens with zero attached hydrogens (tertiary/aromatic N) is 5. The van der Waals surface area contributed by atoms with Crippen LogP contribution < -0.4 is 0 Å². The molecule has 0 bridgehead atoms. The first kappa shape index (κ1) is 31.8. The van der Waals surface area contributed by atoms with E-state index in [4.69, 9.17) is 33.8 Å². The van der Waals surface area contributed by atoms with Crippen molar-refractivity contribution in [2.45, 2.75) is 0 Å². The molecule has 12 aromatic rings. The van der Waals surface area contributed by atoms with Crippen molar-refractivity contribution in [1.82, 2.24) is 24.9 Å². The van der Waals surface area contributed by atoms with E-state index in [2.05, 4.69) is 66.7 Å². The van der Waals surface area contributed by atoms with Crippen LogP contribution in [-0.4, -0.2) is 24.9 Å². The Morgan fingerprint density at radius 3 is 1.82 bits per heavy atom. The van der Waals surface area contributed by atoms with E-state index in [1.165, 1.54) is 0 Å². The molecule has 5 aromatic heterocycles. The van der Waals surface area contributed by atoms with Crippen molar-refractivity contribution in [1.29, 1.82) is 0 Å². The maximum absolute atomic E-state index is 6.41. The van der Waals surface area contributed by atoms with Crippen LogP contribution in [0.1, 0.15) is 0 Å². The minimum absolute atomic E-state index is 0.590. The molecule has 0 aliphatic heterocycles. The first-order valence-electron chi connectivity index (χ1n) is 18.7. The number of thiophene rings is 1. The lowest BCUT2D eigenvalue weighted by Crippen LogP contribution is -2.00. The third-order valence-corrected chi connectivity index (χ3v) is 11.8. The molecule has 7 nitrogen and oxygen atoms in total. The van der Waals surface area contributed by atoms with Crippen LogP contribution in [0.5, 0.6) is 0 Å². The van der Waals surface area contributed by atoms with Gasteiger partial charge in [-0.2, -0.15) is 0 Å². The van der Waals surface area contributed by atoms with Gasteiger partial charge in [-0.3, -0.25) is 0 Å². The Morgan fingerprint density at radius 1 is 0.386 bits per heavy atom. The normalized spacial score (nSPS) is 11.9. The summed E-state index contributed by atoms with van der Waals surface area (Å²) in [6.45, 7) is 0. The molecular formula is C49H27N5O2S. The van der Waals surface area contributed by atoms with Gasteiger partial charge in [0, 0.05) is 64.1 Å². The van der Waals surface area contributed by atoms with Gasteiger partial charge >= 0.3 is 0 Å². The fourth-order valence-electron chi connectivity index (χ4n) is 7.92. The summed E-state index contributed by atoms with van der Waals surface area (Å²) in [7, 11) is 0. The summed E-state index contributed by atoms with van der Waals surface area (Å²) in [5.41, 5.74) is 9.32. The van der Waals surface area contributed by atoms with Gasteiger partial charge in [-0.05, 0) is 48.5 Å². The second-order valence-electron chi connectivity index (χ2n) is 14.0. The van der Waals surface area contributed by atoms with Gasteiger partial charge < -0.3 is 8.83 Å². The Bertz CT molecular complexity index is 3540. The van der Waals surface area contributed by atoms with Crippen molar-refractivity contribution < 1.29 is 8.83 Å². The lowest BCUT2D eigenvalue weighted by atomic mass is 10.0. The van der Waals surface area contributed by atoms with E-state index in [1.54, 1.807) is 11.3 Å². The number of benzene rings is 7. The molecule has 7 aromatic carbocycles. The van der Waals surface area contributed by atoms with E-state index in [0.717, 1.165) is 92.1 Å². The molecule has 0 saturated heterocycles. The van der Waals surface area contributed by atoms with Gasteiger partial charge in [0.1, 0.15) is 28.0 Å². The van der Waals surface area contributed by atoms with Crippen molar-refractivity contribution in [2.24, 2.45) is 0 Å². The number of hydrogen-bond acceptors (Lipinski definition) is 8. The molecule has 266 valence electrons. The summed E-state index contributed by atoms with van der Waals surface area (Å²) in [6.07, 6.45) is 0. The standard InChI is InChI=1S/C49H27N5O2S/c1-3-13-28(14-4-1)42-44-43(32-18-8-10-23-38(32)56-44)51-48(50-42)34-20-12-24-40-41(34)33-19-11-21-35(45(33)57-40)49-53-46(29-15-5-2-6-16-29)52-47(54-49)30-25-26-39-36(27-30)31-17-7-9-22-37(31)55-39/h1-27H. The quantitative estimate of drug-likeness (QED) is 0.173. The Balaban J connectivity index is 1.08. The second kappa shape index (κ2) is 12.5. The molecule has 5 heterocycles. The number of para-hydroxylation sites is 2. The molecule has 57 heavy (non-hydrogen) atoms. The molecule has 0 amide bonds. The highest BCUT2D eigenvalue weighted by atomic mass is 32.1. The number of fused-ring (bicyclic) bond motifs is 9. The molecule has 0 atom stereocenters. The topological polar surface area (TPSA) is 90.7 Å². The summed E-state index contributed by atoms with van der Waals surface area (Å²) >= 11 is 1.72. The average molecular weight is 750 g/mol. The van der Waals surface area contributed by atoms with Crippen LogP contribution >= 0.6 is 11.3 Å². The summed E-state index contributed by atoms with van der Waals surface area (Å²) in [4.78, 5) is 25.8. The van der Waals surface area contributed by atoms with E-state index in [9.17, 15) is 0 Å². The molecule has 0 spiro atoms. The predicted molar refractivity (Wildman–Crippen MR) is 230 cm³/mol. The van der Waals surface area contributed by atoms with Gasteiger partial charge in [-0.1, -0.05) is 115 Å². The zero-order valence-corrected chi connectivity index (χ0v) is 30.9. The zero-order chi connectivity index (χ0) is 37.5. The smallest absolute Gasteiger partial charge is 0.180 e. The average Bonchev–Trinajstić information content (AvgIpc) is 3.98. The molecule has 0 saturated carbocycles. The van der Waals surface area contributed by atoms with Crippen LogP contribution in [0.2, 0.25) is 0 Å². The van der Waals surface area contributed by atoms with Gasteiger partial charge in [0.25, 0.3) is 0 Å². The van der Waals surface area contributed by atoms with Crippen LogP contribution in [0, 0.1) is 0 Å². The first-order chi connectivity index (χ1) is 28.2. The van der Waals surface area contributed by atoms with Crippen molar-refractivity contribution in [3.63, 3.8) is 0 Å². The van der Waals surface area contributed by atoms with Crippen LogP contribution in [0.3, 0.4) is 0 Å². The van der Waals surface area contributed by atoms with Crippen LogP contribution in [0.4, 0.5) is 0 Å². The Morgan fingerprint density at radius 2 is 1.00 bits per heavy atom. The van der Waals surface area contributed by atoms with Gasteiger partial charge in [0.2, 0.25) is 0 Å². The lowest BCUT2D eigenvalue weighted by Gasteiger charge is -2.09. The van der Waals surface area contributed by atoms with E-state index in [1.807, 2.05) is 97.1 Å². The van der Waals surface area contributed by atoms with Crippen molar-refractivity contribution >= 4 is 75.5 Å². The number of rotatable bonds is 5. The highest BCUT2D eigenvalue weighted by Crippen LogP contribution is 2.44. The Kier molecular flexibility index (Phi) is 6.96. The van der Waals surface area contributed by atoms with Crippen LogP contribution in [0.15, 0.2) is 173 Å². The molecule has 0 fully saturated rings. The SMILES string of the molecule is c1ccc(-c2nc(-c3ccc4oc5ccccc5c4c3)nc(-c3cccc4c3sc3cccc(-c5nc(-c6ccccc6)c6oc7ccccc7c6n5)c34)n2)cc1. The zero-order valence-electron chi connectivity index (χ0n) is 30.0. The predicted octanol–water partition coefficient (Wildman–Crippen LogP) is 13.2. The fourth-order valence-corrected chi connectivity index (χ4v) is 9.16. The van der Waals surface area contributed by atoms with Crippen LogP contribution in [0.25, 0.3) is 121 Å². The number of furan rings is 2. The Hall–Kier alpha value is -7.55. The van der Waals surface area contributed by atoms with E-state index >= 15 is 0 Å². The third-order valence-electron chi connectivity index (χ3n) is 10.6. The monoisotopic (exact) mass is 749 g/mol. The fraction of sp³-hybridized carbons (Fsp3) is 0. The molecule has 8 heteroatoms. The maximum atomic E-state index is 6.41. The molecule has 12 rings (SSSR count). The third kappa shape index (κ3) is 5.08. The first-order valence-corrected chi connectivity index (χ1v) is 19.5. The van der Waals surface area contributed by atoms with E-state index in [-0.39, 0.29) is 0 Å². The van der Waals surface area contributed by atoms with Crippen molar-refractivity contribution in [2.75, 3.05) is 0 Å². The summed E-state index contributed by atoms with van der Waals surface area (Å²) < 4.78 is 14.7. The summed E-state index contributed by atoms with van der Waals surface area (Å²) in [6, 6.07) is 55.2. The molecule has 0 radical (unpaired) electrons. The highest BCUT2D eigenvalue weighted by molar-refractivity contribution is 7.26. The minimum atomic E-state index is 0.590. The van der Waals surface area contributed by atoms with E-state index < -0.39 is 0 Å². The molecule has 0 aliphatic carbocycles. The maximum Gasteiger partial charge on any atom is 0.180 e. The van der Waals surface area contributed by atoms with E-state index in [0.29, 0.717) is 28.9 Å². The lowest BCUT2D eigenvalue weighted by molar-refractivity contribution is 0.667. The van der Waals surface area contributed by atoms with Crippen LogP contribution in [-0.2, 0) is 0 Å². The van der Waals surface area contributed by atoms with Gasteiger partial charge in [-0.15, -0.1) is 11.3 Å². The summed E-state index contributed by atoms with van der Waals surface area (Å²) in [5, 5.41) is 5.19. The van der Waals surface area contributed by atoms with Gasteiger partial charge in [0.15, 0.2) is 28.9 Å². The summed E-state index contributed by atoms with van der Waals surface area (Å²) in [5.74, 6) is 2.43. The number of aromatic nitrogens is 5.